The van der Waals surface area contributed by atoms with Gasteiger partial charge in [0.25, 0.3) is 11.8 Å². The van der Waals surface area contributed by atoms with E-state index in [2.05, 4.69) is 21.2 Å². The number of ether oxygens (including phenoxy) is 2. The van der Waals surface area contributed by atoms with Gasteiger partial charge in [0.1, 0.15) is 0 Å². The first-order valence-electron chi connectivity index (χ1n) is 6.39. The van der Waals surface area contributed by atoms with Gasteiger partial charge in [-0.05, 0) is 0 Å². The van der Waals surface area contributed by atoms with Gasteiger partial charge in [-0.1, -0.05) is 0 Å². The predicted octanol–water partition coefficient (Wildman–Crippen LogP) is -7.88. The van der Waals surface area contributed by atoms with Crippen molar-refractivity contribution in [1.29, 1.82) is 0 Å². The van der Waals surface area contributed by atoms with Gasteiger partial charge in [-0.2, -0.15) is 0 Å². The Morgan fingerprint density at radius 2 is 0.857 bits per heavy atom. The molecule has 0 saturated heterocycles. The van der Waals surface area contributed by atoms with E-state index in [0.717, 1.165) is 0 Å². The fourth-order valence-electron chi connectivity index (χ4n) is 0.969. The first-order chi connectivity index (χ1) is 13.2. The molecule has 20 heteroatoms. The monoisotopic (exact) mass is 414 g/mol. The van der Waals surface area contributed by atoms with E-state index in [1.54, 1.807) is 21.7 Å². The minimum Gasteiger partial charge on any atom is -0.430 e. The van der Waals surface area contributed by atoms with Gasteiger partial charge in [0.05, 0.1) is 0 Å². The first kappa shape index (κ1) is 29.0. The van der Waals surface area contributed by atoms with E-state index in [1.807, 2.05) is 0 Å². The molecule has 162 valence electrons. The lowest BCUT2D eigenvalue weighted by Crippen LogP contribution is -2.57. The molecule has 0 bridgehead atoms. The number of carbonyl (C=O) groups is 6. The highest BCUT2D eigenvalue weighted by atomic mass is 16.6. The molecule has 28 heavy (non-hydrogen) atoms. The molecule has 0 heterocycles. The molecule has 0 fully saturated rings. The van der Waals surface area contributed by atoms with Crippen molar-refractivity contribution < 1.29 is 38.2 Å². The summed E-state index contributed by atoms with van der Waals surface area (Å²) in [5, 5.41) is 0. The van der Waals surface area contributed by atoms with Gasteiger partial charge >= 0.3 is 12.2 Å². The normalized spacial score (nSPS) is 10.4. The van der Waals surface area contributed by atoms with Crippen LogP contribution in [0.1, 0.15) is 0 Å². The summed E-state index contributed by atoms with van der Waals surface area (Å²) < 4.78 is 8.91. The summed E-state index contributed by atoms with van der Waals surface area (Å²) in [7, 11) is 0. The van der Waals surface area contributed by atoms with Crippen molar-refractivity contribution >= 4 is 36.8 Å². The Labute approximate surface area is 156 Å². The fraction of sp³-hybridized carbons (Fsp3) is 0.250. The Morgan fingerprint density at radius 1 is 0.607 bits per heavy atom. The zero-order valence-corrected chi connectivity index (χ0v) is 14.0. The molecule has 0 aliphatic carbocycles. The third-order valence-electron chi connectivity index (χ3n) is 1.92. The summed E-state index contributed by atoms with van der Waals surface area (Å²) in [6.45, 7) is 0. The molecule has 18 N–H and O–H groups in total. The Kier molecular flexibility index (Phi) is 20.2. The van der Waals surface area contributed by atoms with E-state index in [-0.39, 0.29) is 0 Å². The van der Waals surface area contributed by atoms with Crippen molar-refractivity contribution in [2.45, 2.75) is 12.2 Å². The van der Waals surface area contributed by atoms with Gasteiger partial charge in [-0.25, -0.2) is 44.6 Å². The quantitative estimate of drug-likeness (QED) is 0.0796. The van der Waals surface area contributed by atoms with E-state index in [1.165, 1.54) is 10.9 Å². The molecule has 0 rings (SSSR count). The molecule has 2 atom stereocenters. The van der Waals surface area contributed by atoms with Crippen molar-refractivity contribution in [2.75, 3.05) is 0 Å². The van der Waals surface area contributed by atoms with Gasteiger partial charge in [0.2, 0.25) is 25.0 Å². The molecule has 6 amide bonds. The fourth-order valence-corrected chi connectivity index (χ4v) is 0.969. The zero-order valence-electron chi connectivity index (χ0n) is 14.0. The lowest BCUT2D eigenvalue weighted by atomic mass is 10.2. The van der Waals surface area contributed by atoms with Crippen LogP contribution in [0.5, 0.6) is 0 Å². The molecule has 0 aliphatic heterocycles. The lowest BCUT2D eigenvalue weighted by molar-refractivity contribution is -0.146. The molecule has 2 unspecified atom stereocenters. The summed E-state index contributed by atoms with van der Waals surface area (Å²) in [6, 6.07) is 0. The van der Waals surface area contributed by atoms with Crippen LogP contribution in [0.25, 0.3) is 0 Å². The molecule has 0 spiro atoms. The number of nitrogens with two attached hydrogens (primary N) is 6. The number of nitrogens with one attached hydrogen (secondary N) is 6. The lowest BCUT2D eigenvalue weighted by Gasteiger charge is -2.23. The number of hydrazine groups is 6. The van der Waals surface area contributed by atoms with Crippen LogP contribution in [-0.2, 0) is 28.7 Å². The van der Waals surface area contributed by atoms with Crippen molar-refractivity contribution in [2.24, 2.45) is 35.1 Å². The average molecular weight is 414 g/mol. The van der Waals surface area contributed by atoms with Gasteiger partial charge in [0.15, 0.2) is 0 Å². The summed E-state index contributed by atoms with van der Waals surface area (Å²) >= 11 is 0. The molecular weight excluding hydrogens is 392 g/mol. The molecule has 20 nitrogen and oxygen atoms in total. The molecular formula is C8H22N12O8. The Hall–Kier alpha value is -3.82. The van der Waals surface area contributed by atoms with E-state index >= 15 is 0 Å². The summed E-state index contributed by atoms with van der Waals surface area (Å²) in [4.78, 5) is 62.8. The van der Waals surface area contributed by atoms with Crippen LogP contribution in [0, 0.1) is 0 Å². The van der Waals surface area contributed by atoms with Gasteiger partial charge in [-0.15, -0.1) is 0 Å². The summed E-state index contributed by atoms with van der Waals surface area (Å²) in [5.41, 5.74) is 9.75. The highest BCUT2D eigenvalue weighted by molar-refractivity contribution is 5.93. The topological polar surface area (TPSA) is 349 Å². The van der Waals surface area contributed by atoms with Crippen LogP contribution in [0.4, 0.5) is 9.59 Å². The summed E-state index contributed by atoms with van der Waals surface area (Å²) in [5.74, 6) is 25.7. The van der Waals surface area contributed by atoms with Crippen molar-refractivity contribution in [3.05, 3.63) is 0 Å². The van der Waals surface area contributed by atoms with Crippen LogP contribution < -0.4 is 67.6 Å². The average Bonchev–Trinajstić information content (AvgIpc) is 2.74. The maximum absolute atomic E-state index is 11.4. The van der Waals surface area contributed by atoms with Crippen LogP contribution in [-0.4, -0.2) is 49.0 Å². The third-order valence-corrected chi connectivity index (χ3v) is 1.92. The van der Waals surface area contributed by atoms with Crippen molar-refractivity contribution in [3.63, 3.8) is 0 Å². The largest absolute Gasteiger partial charge is 0.430 e. The minimum atomic E-state index is -1.97. The molecule has 0 aromatic rings. The van der Waals surface area contributed by atoms with Crippen molar-refractivity contribution in [1.82, 2.24) is 32.6 Å². The molecule has 0 saturated carbocycles. The summed E-state index contributed by atoms with van der Waals surface area (Å²) in [6.07, 6.45) is -5.73. The zero-order chi connectivity index (χ0) is 22.5. The number of hydrogen-bond acceptors (Lipinski definition) is 14. The standard InChI is InChI=1S/C6H14N8O6.2CH4N2O/c7-11-3(15)1(19-5(17)13-9)2(4(16)12-8)20-6(18)14-10;2*2-3-1-4/h1-2H,7-10H2,(H,11,15)(H,12,16)(H,13,17)(H,14,18);2*1H,2H2,(H,3,4). The van der Waals surface area contributed by atoms with E-state index in [0.29, 0.717) is 12.8 Å². The second kappa shape index (κ2) is 19.5. The van der Waals surface area contributed by atoms with Crippen LogP contribution in [0.3, 0.4) is 0 Å². The van der Waals surface area contributed by atoms with E-state index in [4.69, 9.17) is 33.0 Å². The van der Waals surface area contributed by atoms with Crippen LogP contribution in [0.15, 0.2) is 0 Å². The SMILES string of the molecule is NNC(=O)OC(C(=O)NN)C(OC(=O)NN)C(=O)NN.NNC=O.NNC=O. The number of carbonyl (C=O) groups excluding carboxylic acids is 6. The molecule has 0 radical (unpaired) electrons. The Bertz CT molecular complexity index is 460. The van der Waals surface area contributed by atoms with Crippen LogP contribution >= 0.6 is 0 Å². The molecule has 0 aliphatic rings. The second-order valence-corrected chi connectivity index (χ2v) is 3.53. The third kappa shape index (κ3) is 14.5. The predicted molar refractivity (Wildman–Crippen MR) is 86.6 cm³/mol. The Morgan fingerprint density at radius 3 is 1.00 bits per heavy atom. The van der Waals surface area contributed by atoms with Gasteiger partial charge in [-0.3, -0.25) is 51.7 Å². The van der Waals surface area contributed by atoms with E-state index < -0.39 is 36.2 Å². The van der Waals surface area contributed by atoms with E-state index in [9.17, 15) is 19.2 Å². The van der Waals surface area contributed by atoms with Crippen molar-refractivity contribution in [3.8, 4) is 0 Å². The maximum Gasteiger partial charge on any atom is 0.422 e. The highest BCUT2D eigenvalue weighted by Crippen LogP contribution is 2.06. The van der Waals surface area contributed by atoms with Crippen LogP contribution in [0.2, 0.25) is 0 Å². The number of amides is 6. The number of hydrogen-bond donors (Lipinski definition) is 12. The molecule has 0 aromatic heterocycles. The maximum atomic E-state index is 11.4. The molecule has 0 aromatic carbocycles. The van der Waals surface area contributed by atoms with Gasteiger partial charge in [0, 0.05) is 0 Å². The first-order valence-corrected chi connectivity index (χ1v) is 6.39. The minimum absolute atomic E-state index is 0.403. The smallest absolute Gasteiger partial charge is 0.422 e. The Balaban J connectivity index is -0.000000656. The second-order valence-electron chi connectivity index (χ2n) is 3.53. The van der Waals surface area contributed by atoms with Gasteiger partial charge < -0.3 is 9.47 Å². The highest BCUT2D eigenvalue weighted by Gasteiger charge is 2.40. The number of rotatable bonds is 7.